The number of para-hydroxylation sites is 1. The summed E-state index contributed by atoms with van der Waals surface area (Å²) in [5, 5.41) is 1.78. The first-order valence-corrected chi connectivity index (χ1v) is 7.67. The average Bonchev–Trinajstić information content (AvgIpc) is 2.49. The maximum atomic E-state index is 6.18. The van der Waals surface area contributed by atoms with Gasteiger partial charge in [-0.25, -0.2) is 4.98 Å². The molecule has 0 aliphatic heterocycles. The molecule has 2 aromatic carbocycles. The van der Waals surface area contributed by atoms with Crippen LogP contribution in [0.3, 0.4) is 0 Å². The minimum Gasteiger partial charge on any atom is -0.481 e. The number of nitrogens with zero attached hydrogens (tertiary/aromatic N) is 1. The van der Waals surface area contributed by atoms with Gasteiger partial charge in [-0.3, -0.25) is 0 Å². The zero-order valence-electron chi connectivity index (χ0n) is 11.7. The Morgan fingerprint density at radius 1 is 1.14 bits per heavy atom. The van der Waals surface area contributed by atoms with Crippen molar-refractivity contribution in [2.75, 3.05) is 7.11 Å². The second-order valence-electron chi connectivity index (χ2n) is 4.76. The molecular formula is C17H13BrClNO. The van der Waals surface area contributed by atoms with E-state index in [4.69, 9.17) is 16.3 Å². The lowest BCUT2D eigenvalue weighted by Crippen LogP contribution is -1.96. The summed E-state index contributed by atoms with van der Waals surface area (Å²) in [7, 11) is 1.64. The number of methoxy groups -OCH3 is 1. The summed E-state index contributed by atoms with van der Waals surface area (Å²) in [6.07, 6.45) is 0. The molecule has 0 spiro atoms. The number of halogens is 2. The molecule has 0 saturated heterocycles. The fourth-order valence-corrected chi connectivity index (χ4v) is 3.14. The first-order chi connectivity index (χ1) is 10.1. The van der Waals surface area contributed by atoms with Crippen molar-refractivity contribution in [2.24, 2.45) is 0 Å². The molecule has 1 heterocycles. The van der Waals surface area contributed by atoms with Crippen LogP contribution in [0.25, 0.3) is 22.0 Å². The van der Waals surface area contributed by atoms with Gasteiger partial charge in [-0.1, -0.05) is 45.7 Å². The van der Waals surface area contributed by atoms with Gasteiger partial charge in [-0.15, -0.1) is 0 Å². The molecule has 3 rings (SSSR count). The largest absolute Gasteiger partial charge is 0.481 e. The van der Waals surface area contributed by atoms with Crippen molar-refractivity contribution < 1.29 is 4.74 Å². The van der Waals surface area contributed by atoms with E-state index in [1.54, 1.807) is 7.11 Å². The maximum absolute atomic E-state index is 6.18. The topological polar surface area (TPSA) is 22.1 Å². The van der Waals surface area contributed by atoms with Gasteiger partial charge in [-0.05, 0) is 36.8 Å². The molecule has 0 unspecified atom stereocenters. The highest BCUT2D eigenvalue weighted by atomic mass is 79.9. The van der Waals surface area contributed by atoms with Crippen LogP contribution in [-0.2, 0) is 0 Å². The van der Waals surface area contributed by atoms with Crippen LogP contribution in [0.2, 0.25) is 5.02 Å². The lowest BCUT2D eigenvalue weighted by Gasteiger charge is -2.15. The van der Waals surface area contributed by atoms with Crippen molar-refractivity contribution in [3.05, 3.63) is 57.5 Å². The number of pyridine rings is 1. The van der Waals surface area contributed by atoms with Crippen molar-refractivity contribution in [1.82, 2.24) is 4.98 Å². The van der Waals surface area contributed by atoms with Gasteiger partial charge in [0.05, 0.1) is 12.6 Å². The molecule has 0 fully saturated rings. The maximum Gasteiger partial charge on any atom is 0.217 e. The predicted molar refractivity (Wildman–Crippen MR) is 91.2 cm³/mol. The Hall–Kier alpha value is -1.58. The standard InChI is InChI=1S/C17H13BrClNO/c1-10-16(13-9-11(19)7-8-14(13)18)12-5-3-4-6-15(12)20-17(10)21-2/h3-9H,1-2H3. The molecule has 0 saturated carbocycles. The van der Waals surface area contributed by atoms with Crippen molar-refractivity contribution in [3.8, 4) is 17.0 Å². The highest BCUT2D eigenvalue weighted by Crippen LogP contribution is 2.39. The van der Waals surface area contributed by atoms with E-state index < -0.39 is 0 Å². The van der Waals surface area contributed by atoms with E-state index >= 15 is 0 Å². The van der Waals surface area contributed by atoms with Crippen LogP contribution in [-0.4, -0.2) is 12.1 Å². The van der Waals surface area contributed by atoms with Crippen LogP contribution in [0, 0.1) is 6.92 Å². The molecule has 0 amide bonds. The van der Waals surface area contributed by atoms with Crippen LogP contribution < -0.4 is 4.74 Å². The molecule has 0 aliphatic carbocycles. The van der Waals surface area contributed by atoms with E-state index in [1.807, 2.05) is 43.3 Å². The van der Waals surface area contributed by atoms with Gasteiger partial charge in [0.2, 0.25) is 5.88 Å². The second-order valence-corrected chi connectivity index (χ2v) is 6.05. The molecule has 2 nitrogen and oxygen atoms in total. The average molecular weight is 363 g/mol. The Balaban J connectivity index is 2.45. The quantitative estimate of drug-likeness (QED) is 0.589. The minimum atomic E-state index is 0.635. The van der Waals surface area contributed by atoms with Gasteiger partial charge in [0, 0.05) is 26.0 Å². The molecule has 0 bridgehead atoms. The Kier molecular flexibility index (Phi) is 3.87. The first kappa shape index (κ1) is 14.4. The van der Waals surface area contributed by atoms with Crippen molar-refractivity contribution in [1.29, 1.82) is 0 Å². The molecule has 106 valence electrons. The van der Waals surface area contributed by atoms with E-state index in [-0.39, 0.29) is 0 Å². The van der Waals surface area contributed by atoms with E-state index in [1.165, 1.54) is 0 Å². The number of aromatic nitrogens is 1. The van der Waals surface area contributed by atoms with Crippen LogP contribution in [0.15, 0.2) is 46.9 Å². The fraction of sp³-hybridized carbons (Fsp3) is 0.118. The van der Waals surface area contributed by atoms with Gasteiger partial charge < -0.3 is 4.74 Å². The summed E-state index contributed by atoms with van der Waals surface area (Å²) in [5.41, 5.74) is 4.03. The number of fused-ring (bicyclic) bond motifs is 1. The number of ether oxygens (including phenoxy) is 1. The minimum absolute atomic E-state index is 0.635. The Morgan fingerprint density at radius 3 is 2.67 bits per heavy atom. The van der Waals surface area contributed by atoms with E-state index in [2.05, 4.69) is 27.0 Å². The van der Waals surface area contributed by atoms with Gasteiger partial charge in [-0.2, -0.15) is 0 Å². The normalized spacial score (nSPS) is 10.9. The highest BCUT2D eigenvalue weighted by molar-refractivity contribution is 9.10. The van der Waals surface area contributed by atoms with Crippen LogP contribution in [0.5, 0.6) is 5.88 Å². The van der Waals surface area contributed by atoms with Crippen molar-refractivity contribution in [3.63, 3.8) is 0 Å². The lowest BCUT2D eigenvalue weighted by molar-refractivity contribution is 0.396. The zero-order chi connectivity index (χ0) is 15.0. The van der Waals surface area contributed by atoms with E-state index in [0.717, 1.165) is 32.1 Å². The number of benzene rings is 2. The van der Waals surface area contributed by atoms with Gasteiger partial charge in [0.25, 0.3) is 0 Å². The van der Waals surface area contributed by atoms with Gasteiger partial charge in [0.1, 0.15) is 0 Å². The molecule has 0 atom stereocenters. The highest BCUT2D eigenvalue weighted by Gasteiger charge is 2.16. The Morgan fingerprint density at radius 2 is 1.90 bits per heavy atom. The molecule has 1 aromatic heterocycles. The number of hydrogen-bond acceptors (Lipinski definition) is 2. The molecular weight excluding hydrogens is 350 g/mol. The van der Waals surface area contributed by atoms with E-state index in [0.29, 0.717) is 10.9 Å². The molecule has 0 N–H and O–H groups in total. The number of hydrogen-bond donors (Lipinski definition) is 0. The molecule has 21 heavy (non-hydrogen) atoms. The number of rotatable bonds is 2. The molecule has 0 radical (unpaired) electrons. The van der Waals surface area contributed by atoms with Crippen LogP contribution >= 0.6 is 27.5 Å². The van der Waals surface area contributed by atoms with E-state index in [9.17, 15) is 0 Å². The fourth-order valence-electron chi connectivity index (χ4n) is 2.52. The van der Waals surface area contributed by atoms with Crippen LogP contribution in [0.1, 0.15) is 5.56 Å². The third kappa shape index (κ3) is 2.52. The Labute approximate surface area is 136 Å². The molecule has 0 aliphatic rings. The monoisotopic (exact) mass is 361 g/mol. The summed E-state index contributed by atoms with van der Waals surface area (Å²) < 4.78 is 6.42. The summed E-state index contributed by atoms with van der Waals surface area (Å²) in [4.78, 5) is 4.56. The van der Waals surface area contributed by atoms with Crippen LogP contribution in [0.4, 0.5) is 0 Å². The SMILES string of the molecule is COc1nc2ccccc2c(-c2cc(Cl)ccc2Br)c1C. The third-order valence-electron chi connectivity index (χ3n) is 3.48. The summed E-state index contributed by atoms with van der Waals surface area (Å²) in [5.74, 6) is 0.635. The van der Waals surface area contributed by atoms with Gasteiger partial charge >= 0.3 is 0 Å². The smallest absolute Gasteiger partial charge is 0.217 e. The van der Waals surface area contributed by atoms with Crippen molar-refractivity contribution in [2.45, 2.75) is 6.92 Å². The lowest BCUT2D eigenvalue weighted by atomic mass is 9.97. The molecule has 3 aromatic rings. The summed E-state index contributed by atoms with van der Waals surface area (Å²) in [6.45, 7) is 2.01. The summed E-state index contributed by atoms with van der Waals surface area (Å²) >= 11 is 9.79. The molecule has 4 heteroatoms. The van der Waals surface area contributed by atoms with Gasteiger partial charge in [0.15, 0.2) is 0 Å². The second kappa shape index (κ2) is 5.66. The summed E-state index contributed by atoms with van der Waals surface area (Å²) in [6, 6.07) is 13.8. The zero-order valence-corrected chi connectivity index (χ0v) is 14.0. The van der Waals surface area contributed by atoms with Crippen molar-refractivity contribution >= 4 is 38.4 Å². The predicted octanol–water partition coefficient (Wildman–Crippen LogP) is 5.63. The third-order valence-corrected chi connectivity index (χ3v) is 4.41. The Bertz CT molecular complexity index is 832. The first-order valence-electron chi connectivity index (χ1n) is 6.50.